The Morgan fingerprint density at radius 1 is 1.15 bits per heavy atom. The fraction of sp³-hybridized carbons (Fsp3) is 0.133. The Labute approximate surface area is 121 Å². The minimum Gasteiger partial charge on any atom is -0.387 e. The van der Waals surface area contributed by atoms with Crippen molar-refractivity contribution < 1.29 is 9.18 Å². The van der Waals surface area contributed by atoms with Crippen LogP contribution in [0.3, 0.4) is 0 Å². The lowest BCUT2D eigenvalue weighted by atomic mass is 10.1. The number of halogens is 2. The molecule has 5 heteroatoms. The van der Waals surface area contributed by atoms with E-state index >= 15 is 0 Å². The van der Waals surface area contributed by atoms with Crippen molar-refractivity contribution in [2.24, 2.45) is 0 Å². The zero-order chi connectivity index (χ0) is 14.7. The lowest BCUT2D eigenvalue weighted by Gasteiger charge is -2.11. The van der Waals surface area contributed by atoms with Gasteiger partial charge in [-0.3, -0.25) is 4.79 Å². The second kappa shape index (κ2) is 5.92. The van der Waals surface area contributed by atoms with Crippen molar-refractivity contribution in [1.82, 2.24) is 0 Å². The van der Waals surface area contributed by atoms with Crippen LogP contribution in [0, 0.1) is 12.7 Å². The summed E-state index contributed by atoms with van der Waals surface area (Å²) in [6.45, 7) is 1.83. The average molecular weight is 293 g/mol. The normalized spacial score (nSPS) is 10.2. The first-order valence-electron chi connectivity index (χ1n) is 6.06. The van der Waals surface area contributed by atoms with Crippen molar-refractivity contribution >= 4 is 28.9 Å². The number of rotatable bonds is 3. The monoisotopic (exact) mass is 292 g/mol. The van der Waals surface area contributed by atoms with Crippen molar-refractivity contribution in [3.63, 3.8) is 0 Å². The molecule has 0 aliphatic heterocycles. The predicted molar refractivity (Wildman–Crippen MR) is 80.1 cm³/mol. The SMILES string of the molecule is CNc1ccc(Cl)cc1C(=O)Nc1cc(C)ccc1F. The number of amides is 1. The summed E-state index contributed by atoms with van der Waals surface area (Å²) in [5.41, 5.74) is 2.00. The highest BCUT2D eigenvalue weighted by atomic mass is 35.5. The molecule has 0 spiro atoms. The van der Waals surface area contributed by atoms with E-state index in [0.29, 0.717) is 16.3 Å². The smallest absolute Gasteiger partial charge is 0.257 e. The van der Waals surface area contributed by atoms with Crippen LogP contribution in [0.2, 0.25) is 5.02 Å². The second-order valence-electron chi connectivity index (χ2n) is 4.38. The van der Waals surface area contributed by atoms with Crippen LogP contribution in [0.15, 0.2) is 36.4 Å². The third-order valence-electron chi connectivity index (χ3n) is 2.87. The summed E-state index contributed by atoms with van der Waals surface area (Å²) < 4.78 is 13.7. The Hall–Kier alpha value is -2.07. The Balaban J connectivity index is 2.32. The summed E-state index contributed by atoms with van der Waals surface area (Å²) >= 11 is 5.90. The molecule has 2 aromatic rings. The molecule has 0 aliphatic rings. The minimum atomic E-state index is -0.475. The first kappa shape index (κ1) is 14.3. The number of hydrogen-bond acceptors (Lipinski definition) is 2. The number of carbonyl (C=O) groups is 1. The molecule has 0 radical (unpaired) electrons. The Morgan fingerprint density at radius 2 is 1.90 bits per heavy atom. The molecule has 0 saturated heterocycles. The highest BCUT2D eigenvalue weighted by Crippen LogP contribution is 2.23. The summed E-state index contributed by atoms with van der Waals surface area (Å²) in [5.74, 6) is -0.890. The fourth-order valence-electron chi connectivity index (χ4n) is 1.85. The highest BCUT2D eigenvalue weighted by molar-refractivity contribution is 6.31. The largest absolute Gasteiger partial charge is 0.387 e. The number of carbonyl (C=O) groups excluding carboxylic acids is 1. The van der Waals surface area contributed by atoms with Gasteiger partial charge in [0.25, 0.3) is 5.91 Å². The van der Waals surface area contributed by atoms with Crippen molar-refractivity contribution in [3.8, 4) is 0 Å². The third kappa shape index (κ3) is 3.08. The van der Waals surface area contributed by atoms with Crippen LogP contribution in [0.4, 0.5) is 15.8 Å². The summed E-state index contributed by atoms with van der Waals surface area (Å²) in [4.78, 5) is 12.2. The van der Waals surface area contributed by atoms with Gasteiger partial charge in [-0.05, 0) is 42.8 Å². The predicted octanol–water partition coefficient (Wildman–Crippen LogP) is 4.08. The number of aryl methyl sites for hydroxylation is 1. The minimum absolute atomic E-state index is 0.150. The van der Waals surface area contributed by atoms with Crippen LogP contribution in [0.1, 0.15) is 15.9 Å². The molecule has 2 N–H and O–H groups in total. The molecule has 0 aromatic heterocycles. The van der Waals surface area contributed by atoms with Gasteiger partial charge in [-0.15, -0.1) is 0 Å². The fourth-order valence-corrected chi connectivity index (χ4v) is 2.02. The lowest BCUT2D eigenvalue weighted by Crippen LogP contribution is -2.15. The third-order valence-corrected chi connectivity index (χ3v) is 3.10. The van der Waals surface area contributed by atoms with Gasteiger partial charge in [0.15, 0.2) is 0 Å². The number of benzene rings is 2. The van der Waals surface area contributed by atoms with Gasteiger partial charge in [-0.1, -0.05) is 17.7 Å². The van der Waals surface area contributed by atoms with E-state index in [1.807, 2.05) is 6.92 Å². The Bertz CT molecular complexity index is 658. The van der Waals surface area contributed by atoms with E-state index in [-0.39, 0.29) is 5.69 Å². The van der Waals surface area contributed by atoms with E-state index in [0.717, 1.165) is 5.56 Å². The maximum Gasteiger partial charge on any atom is 0.257 e. The van der Waals surface area contributed by atoms with Gasteiger partial charge in [0, 0.05) is 17.8 Å². The van der Waals surface area contributed by atoms with Crippen LogP contribution in [0.5, 0.6) is 0 Å². The summed E-state index contributed by atoms with van der Waals surface area (Å²) in [5, 5.41) is 5.90. The molecule has 2 aromatic carbocycles. The van der Waals surface area contributed by atoms with E-state index in [1.165, 1.54) is 12.1 Å². The number of hydrogen-bond donors (Lipinski definition) is 2. The van der Waals surface area contributed by atoms with Gasteiger partial charge < -0.3 is 10.6 Å². The molecule has 0 bridgehead atoms. The van der Waals surface area contributed by atoms with Crippen LogP contribution < -0.4 is 10.6 Å². The summed E-state index contributed by atoms with van der Waals surface area (Å²) in [6.07, 6.45) is 0. The summed E-state index contributed by atoms with van der Waals surface area (Å²) in [7, 11) is 1.70. The molecule has 1 amide bonds. The van der Waals surface area contributed by atoms with E-state index in [1.54, 1.807) is 31.3 Å². The molecule has 20 heavy (non-hydrogen) atoms. The van der Waals surface area contributed by atoms with Crippen LogP contribution in [-0.4, -0.2) is 13.0 Å². The van der Waals surface area contributed by atoms with Gasteiger partial charge in [-0.25, -0.2) is 4.39 Å². The standard InChI is InChI=1S/C15H14ClFN2O/c1-9-3-5-12(17)14(7-9)19-15(20)11-8-10(16)4-6-13(11)18-2/h3-8,18H,1-2H3,(H,19,20). The van der Waals surface area contributed by atoms with Gasteiger partial charge >= 0.3 is 0 Å². The average Bonchev–Trinajstić information content (AvgIpc) is 2.42. The molecule has 104 valence electrons. The molecule has 3 nitrogen and oxygen atoms in total. The van der Waals surface area contributed by atoms with Crippen molar-refractivity contribution in [2.75, 3.05) is 17.7 Å². The lowest BCUT2D eigenvalue weighted by molar-refractivity contribution is 0.102. The zero-order valence-corrected chi connectivity index (χ0v) is 11.9. The van der Waals surface area contributed by atoms with E-state index in [9.17, 15) is 9.18 Å². The molecule has 0 fully saturated rings. The second-order valence-corrected chi connectivity index (χ2v) is 4.81. The molecule has 2 rings (SSSR count). The van der Waals surface area contributed by atoms with Crippen LogP contribution in [-0.2, 0) is 0 Å². The molecule has 0 atom stereocenters. The Kier molecular flexibility index (Phi) is 4.25. The molecule has 0 unspecified atom stereocenters. The topological polar surface area (TPSA) is 41.1 Å². The quantitative estimate of drug-likeness (QED) is 0.895. The number of anilines is 2. The van der Waals surface area contributed by atoms with Gasteiger partial charge in [0.2, 0.25) is 0 Å². The maximum atomic E-state index is 13.7. The van der Waals surface area contributed by atoms with Gasteiger partial charge in [0.1, 0.15) is 5.82 Å². The molecular formula is C15H14ClFN2O. The van der Waals surface area contributed by atoms with Crippen LogP contribution in [0.25, 0.3) is 0 Å². The van der Waals surface area contributed by atoms with Gasteiger partial charge in [-0.2, -0.15) is 0 Å². The first-order chi connectivity index (χ1) is 9.51. The first-order valence-corrected chi connectivity index (χ1v) is 6.44. The summed E-state index contributed by atoms with van der Waals surface area (Å²) in [6, 6.07) is 9.46. The van der Waals surface area contributed by atoms with E-state index < -0.39 is 11.7 Å². The van der Waals surface area contributed by atoms with E-state index in [2.05, 4.69) is 10.6 Å². The molecule has 0 aliphatic carbocycles. The van der Waals surface area contributed by atoms with Crippen LogP contribution >= 0.6 is 11.6 Å². The van der Waals surface area contributed by atoms with Gasteiger partial charge in [0.05, 0.1) is 11.3 Å². The van der Waals surface area contributed by atoms with Crippen molar-refractivity contribution in [1.29, 1.82) is 0 Å². The molecule has 0 heterocycles. The van der Waals surface area contributed by atoms with E-state index in [4.69, 9.17) is 11.6 Å². The molecule has 0 saturated carbocycles. The highest BCUT2D eigenvalue weighted by Gasteiger charge is 2.13. The molecular weight excluding hydrogens is 279 g/mol. The zero-order valence-electron chi connectivity index (χ0n) is 11.1. The van der Waals surface area contributed by atoms with Crippen molar-refractivity contribution in [2.45, 2.75) is 6.92 Å². The number of nitrogens with one attached hydrogen (secondary N) is 2. The maximum absolute atomic E-state index is 13.7. The van der Waals surface area contributed by atoms with Crippen molar-refractivity contribution in [3.05, 3.63) is 58.4 Å². The Morgan fingerprint density at radius 3 is 2.60 bits per heavy atom.